The van der Waals surface area contributed by atoms with Crippen molar-refractivity contribution in [2.24, 2.45) is 0 Å². The van der Waals surface area contributed by atoms with Gasteiger partial charge in [0, 0.05) is 26.2 Å². The number of rotatable bonds is 5. The van der Waals surface area contributed by atoms with Gasteiger partial charge in [-0.05, 0) is 16.6 Å². The Bertz CT molecular complexity index is 280. The summed E-state index contributed by atoms with van der Waals surface area (Å²) in [5, 5.41) is 0. The van der Waals surface area contributed by atoms with Gasteiger partial charge in [0.25, 0.3) is 0 Å². The van der Waals surface area contributed by atoms with Crippen LogP contribution in [0, 0.1) is 6.08 Å². The molecule has 112 valence electrons. The van der Waals surface area contributed by atoms with Gasteiger partial charge in [-0.3, -0.25) is 6.08 Å². The molecule has 0 heterocycles. The molecule has 1 rings (SSSR count). The van der Waals surface area contributed by atoms with E-state index in [1.54, 1.807) is 0 Å². The molecule has 0 fully saturated rings. The molecule has 0 unspecified atom stereocenters. The second-order valence-electron chi connectivity index (χ2n) is 5.58. The number of hydrogen-bond acceptors (Lipinski definition) is 1. The molecule has 0 aromatic heterocycles. The molecule has 0 radical (unpaired) electrons. The fraction of sp³-hybridized carbons (Fsp3) is 0.714. The van der Waals surface area contributed by atoms with Gasteiger partial charge in [-0.2, -0.15) is 6.08 Å². The minimum absolute atomic E-state index is 0. The summed E-state index contributed by atoms with van der Waals surface area (Å²) >= 11 is 0. The van der Waals surface area contributed by atoms with E-state index in [4.69, 9.17) is 4.43 Å². The van der Waals surface area contributed by atoms with Crippen molar-refractivity contribution in [3.8, 4) is 0 Å². The molecular weight excluding hydrogens is 374 g/mol. The van der Waals surface area contributed by atoms with Gasteiger partial charge >= 0.3 is 0 Å². The molecule has 0 N–H and O–H groups in total. The summed E-state index contributed by atoms with van der Waals surface area (Å²) < 4.78 is 6.47. The van der Waals surface area contributed by atoms with Gasteiger partial charge in [0.05, 0.1) is 0 Å². The van der Waals surface area contributed by atoms with Crippen LogP contribution in [0.5, 0.6) is 0 Å². The molecular formula is C14H27Cl2OSiZr-. The molecule has 5 heteroatoms. The van der Waals surface area contributed by atoms with E-state index in [1.165, 1.54) is 0 Å². The van der Waals surface area contributed by atoms with Crippen LogP contribution < -0.4 is 0 Å². The smallest absolute Gasteiger partial charge is 0.236 e. The molecule has 0 aromatic carbocycles. The van der Waals surface area contributed by atoms with E-state index in [2.05, 4.69) is 53.7 Å². The Morgan fingerprint density at radius 1 is 1.00 bits per heavy atom. The molecule has 0 aliphatic heterocycles. The summed E-state index contributed by atoms with van der Waals surface area (Å²) in [4.78, 5) is 0. The van der Waals surface area contributed by atoms with E-state index in [0.29, 0.717) is 16.6 Å². The third kappa shape index (κ3) is 5.69. The van der Waals surface area contributed by atoms with Gasteiger partial charge in [0.15, 0.2) is 0 Å². The second kappa shape index (κ2) is 10.7. The van der Waals surface area contributed by atoms with Gasteiger partial charge in [-0.15, -0.1) is 37.3 Å². The second-order valence-corrected chi connectivity index (χ2v) is 11.0. The first-order chi connectivity index (χ1) is 7.41. The molecule has 0 aromatic rings. The molecule has 0 atom stereocenters. The number of halogens is 2. The Morgan fingerprint density at radius 2 is 1.42 bits per heavy atom. The van der Waals surface area contributed by atoms with Gasteiger partial charge in [0.2, 0.25) is 8.32 Å². The normalized spacial score (nSPS) is 13.8. The summed E-state index contributed by atoms with van der Waals surface area (Å²) in [6.07, 6.45) is 8.26. The molecule has 0 saturated carbocycles. The third-order valence-electron chi connectivity index (χ3n) is 3.67. The Morgan fingerprint density at radius 3 is 1.68 bits per heavy atom. The first kappa shape index (κ1) is 24.9. The molecule has 19 heavy (non-hydrogen) atoms. The zero-order valence-electron chi connectivity index (χ0n) is 12.8. The molecule has 0 amide bonds. The molecule has 1 nitrogen and oxygen atoms in total. The van der Waals surface area contributed by atoms with Crippen molar-refractivity contribution in [2.45, 2.75) is 64.6 Å². The number of allylic oxidation sites excluding steroid dienone is 3. The van der Waals surface area contributed by atoms with Crippen LogP contribution >= 0.6 is 24.8 Å². The monoisotopic (exact) mass is 399 g/mol. The van der Waals surface area contributed by atoms with Crippen LogP contribution in [0.3, 0.4) is 0 Å². The third-order valence-corrected chi connectivity index (χ3v) is 9.67. The van der Waals surface area contributed by atoms with Gasteiger partial charge in [-0.25, -0.2) is 0 Å². The Kier molecular flexibility index (Phi) is 14.0. The zero-order chi connectivity index (χ0) is 12.3. The Hall–Kier alpha value is 0.960. The average Bonchev–Trinajstić information content (AvgIpc) is 2.64. The van der Waals surface area contributed by atoms with Gasteiger partial charge in [0.1, 0.15) is 0 Å². The first-order valence-electron chi connectivity index (χ1n) is 6.37. The fourth-order valence-electron chi connectivity index (χ4n) is 3.01. The van der Waals surface area contributed by atoms with Crippen LogP contribution in [0.2, 0.25) is 16.6 Å². The molecule has 1 aliphatic rings. The minimum Gasteiger partial charge on any atom is -0.631 e. The SMILES string of the molecule is CC(C)[Si](OC1=CC[C-]=C1)(C(C)C)C(C)C.Cl.Cl.[Zr]. The maximum atomic E-state index is 6.47. The Labute approximate surface area is 151 Å². The fourth-order valence-corrected chi connectivity index (χ4v) is 8.26. The van der Waals surface area contributed by atoms with E-state index in [1.807, 2.05) is 6.08 Å². The van der Waals surface area contributed by atoms with E-state index in [0.717, 1.165) is 12.2 Å². The average molecular weight is 402 g/mol. The van der Waals surface area contributed by atoms with E-state index in [-0.39, 0.29) is 51.0 Å². The van der Waals surface area contributed by atoms with Gasteiger partial charge < -0.3 is 4.43 Å². The topological polar surface area (TPSA) is 9.23 Å². The maximum absolute atomic E-state index is 6.47. The van der Waals surface area contributed by atoms with Crippen molar-refractivity contribution in [3.05, 3.63) is 24.0 Å². The van der Waals surface area contributed by atoms with E-state index < -0.39 is 8.32 Å². The zero-order valence-corrected chi connectivity index (χ0v) is 17.9. The van der Waals surface area contributed by atoms with E-state index >= 15 is 0 Å². The van der Waals surface area contributed by atoms with Crippen molar-refractivity contribution in [3.63, 3.8) is 0 Å². The summed E-state index contributed by atoms with van der Waals surface area (Å²) in [6.45, 7) is 13.9. The minimum atomic E-state index is -1.73. The molecule has 0 spiro atoms. The van der Waals surface area contributed by atoms with Crippen LogP contribution in [0.1, 0.15) is 48.0 Å². The van der Waals surface area contributed by atoms with Crippen molar-refractivity contribution >= 4 is 33.1 Å². The molecule has 0 bridgehead atoms. The number of hydrogen-bond donors (Lipinski definition) is 0. The van der Waals surface area contributed by atoms with Crippen LogP contribution in [-0.2, 0) is 30.6 Å². The van der Waals surface area contributed by atoms with E-state index in [9.17, 15) is 0 Å². The van der Waals surface area contributed by atoms with Gasteiger partial charge in [-0.1, -0.05) is 47.3 Å². The van der Waals surface area contributed by atoms with Crippen molar-refractivity contribution in [1.29, 1.82) is 0 Å². The van der Waals surface area contributed by atoms with Crippen LogP contribution in [-0.4, -0.2) is 8.32 Å². The van der Waals surface area contributed by atoms with Crippen LogP contribution in [0.4, 0.5) is 0 Å². The summed E-state index contributed by atoms with van der Waals surface area (Å²) in [5.41, 5.74) is 1.92. The van der Waals surface area contributed by atoms with Crippen LogP contribution in [0.15, 0.2) is 17.9 Å². The standard InChI is InChI=1S/C14H25OSi.2ClH.Zr/c1-11(2)16(12(3)4,13(5)6)15-14-9-7-8-10-14;;;/h9-13H,7H2,1-6H3;2*1H;/q-1;;;. The van der Waals surface area contributed by atoms with Crippen molar-refractivity contribution < 1.29 is 30.6 Å². The maximum Gasteiger partial charge on any atom is 0.236 e. The summed E-state index contributed by atoms with van der Waals surface area (Å²) in [7, 11) is -1.73. The van der Waals surface area contributed by atoms with Crippen LogP contribution in [0.25, 0.3) is 0 Å². The quantitative estimate of drug-likeness (QED) is 0.426. The van der Waals surface area contributed by atoms with Crippen molar-refractivity contribution in [1.82, 2.24) is 0 Å². The first-order valence-corrected chi connectivity index (χ1v) is 8.51. The molecule has 1 aliphatic carbocycles. The predicted molar refractivity (Wildman–Crippen MR) is 87.1 cm³/mol. The Balaban J connectivity index is -0.000000853. The molecule has 0 saturated heterocycles. The summed E-state index contributed by atoms with van der Waals surface area (Å²) in [5.74, 6) is 1.06. The largest absolute Gasteiger partial charge is 0.631 e. The van der Waals surface area contributed by atoms with Crippen molar-refractivity contribution in [2.75, 3.05) is 0 Å². The summed E-state index contributed by atoms with van der Waals surface area (Å²) in [6, 6.07) is 0. The predicted octanol–water partition coefficient (Wildman–Crippen LogP) is 5.67.